The second kappa shape index (κ2) is 7.67. The minimum Gasteiger partial charge on any atom is -0.508 e. The third-order valence-corrected chi connectivity index (χ3v) is 10.8. The van der Waals surface area contributed by atoms with Gasteiger partial charge in [-0.05, 0) is 97.9 Å². The number of rotatable bonds is 4. The van der Waals surface area contributed by atoms with Gasteiger partial charge in [-0.1, -0.05) is 13.0 Å². The van der Waals surface area contributed by atoms with Crippen molar-refractivity contribution in [1.29, 1.82) is 0 Å². The zero-order valence-electron chi connectivity index (χ0n) is 21.2. The van der Waals surface area contributed by atoms with Gasteiger partial charge in [-0.15, -0.1) is 0 Å². The number of aromatic amines is 1. The highest BCUT2D eigenvalue weighted by Crippen LogP contribution is 2.74. The molecular formula is C29H36N4O3. The molecule has 2 aromatic rings. The fraction of sp³-hybridized carbons (Fsp3) is 0.621. The van der Waals surface area contributed by atoms with E-state index in [1.54, 1.807) is 0 Å². The number of carbonyl (C=O) groups is 1. The molecule has 36 heavy (non-hydrogen) atoms. The van der Waals surface area contributed by atoms with E-state index >= 15 is 0 Å². The Labute approximate surface area is 211 Å². The number of nitrogens with zero attached hydrogens (tertiary/aromatic N) is 3. The Balaban J connectivity index is 1.33. The summed E-state index contributed by atoms with van der Waals surface area (Å²) in [5, 5.41) is 10.6. The predicted octanol–water partition coefficient (Wildman–Crippen LogP) is 3.33. The molecule has 7 nitrogen and oxygen atoms in total. The van der Waals surface area contributed by atoms with Crippen LogP contribution in [0.2, 0.25) is 0 Å². The van der Waals surface area contributed by atoms with Crippen LogP contribution in [0.15, 0.2) is 35.4 Å². The van der Waals surface area contributed by atoms with Crippen molar-refractivity contribution in [2.45, 2.75) is 69.4 Å². The van der Waals surface area contributed by atoms with Gasteiger partial charge in [0.2, 0.25) is 0 Å². The first kappa shape index (κ1) is 22.5. The SMILES string of the molecule is C[C@H]1CC23CCC(N(C)C(=O)c4c[nH]c(=O)cn4)C1C21CCN(CC2CC2)C3Cc2ccc(O)cc21. The van der Waals surface area contributed by atoms with Gasteiger partial charge in [0.1, 0.15) is 11.4 Å². The van der Waals surface area contributed by atoms with Crippen LogP contribution in [-0.2, 0) is 11.8 Å². The maximum absolute atomic E-state index is 13.5. The van der Waals surface area contributed by atoms with Crippen LogP contribution in [0.3, 0.4) is 0 Å². The van der Waals surface area contributed by atoms with Crippen LogP contribution in [-0.4, -0.2) is 63.0 Å². The molecule has 7 heteroatoms. The van der Waals surface area contributed by atoms with Crippen LogP contribution in [0.5, 0.6) is 5.75 Å². The number of H-pyrrole nitrogens is 1. The molecular weight excluding hydrogens is 452 g/mol. The van der Waals surface area contributed by atoms with E-state index in [1.165, 1.54) is 49.3 Å². The van der Waals surface area contributed by atoms with Crippen LogP contribution >= 0.6 is 0 Å². The minimum absolute atomic E-state index is 0.0284. The van der Waals surface area contributed by atoms with E-state index < -0.39 is 0 Å². The van der Waals surface area contributed by atoms with Crippen LogP contribution in [0.1, 0.15) is 67.1 Å². The standard InChI is InChI=1S/C29H36N4O3/c1-17-13-28-8-7-23(32(2)27(36)22-14-31-25(35)15-30-22)26(17)29(28)9-10-33(16-18-3-4-18)24(28)11-19-5-6-20(34)12-21(19)29/h5-6,12,14-15,17-18,23-24,26,34H,3-4,7-11,13,16H2,1-2H3,(H,31,35)/t17-,23?,24?,26?,28?,29?/m0/s1. The molecule has 2 heterocycles. The molecule has 7 rings (SSSR count). The third-order valence-electron chi connectivity index (χ3n) is 10.8. The van der Waals surface area contributed by atoms with Gasteiger partial charge >= 0.3 is 0 Å². The Hall–Kier alpha value is -2.67. The lowest BCUT2D eigenvalue weighted by Crippen LogP contribution is -2.70. The number of fused-ring (bicyclic) bond motifs is 1. The molecule has 1 saturated heterocycles. The van der Waals surface area contributed by atoms with Crippen molar-refractivity contribution in [3.8, 4) is 5.75 Å². The topological polar surface area (TPSA) is 89.5 Å². The zero-order valence-corrected chi connectivity index (χ0v) is 21.2. The Morgan fingerprint density at radius 2 is 2.11 bits per heavy atom. The van der Waals surface area contributed by atoms with E-state index in [0.29, 0.717) is 23.6 Å². The first-order chi connectivity index (χ1) is 17.3. The van der Waals surface area contributed by atoms with Gasteiger partial charge in [0, 0.05) is 37.3 Å². The molecule has 5 aliphatic rings. The van der Waals surface area contributed by atoms with E-state index in [2.05, 4.69) is 33.9 Å². The molecule has 1 aliphatic heterocycles. The number of aromatic nitrogens is 2. The highest BCUT2D eigenvalue weighted by molar-refractivity contribution is 5.92. The molecule has 0 radical (unpaired) electrons. The molecule has 5 unspecified atom stereocenters. The number of piperidine rings is 1. The number of hydrogen-bond donors (Lipinski definition) is 2. The highest BCUT2D eigenvalue weighted by Gasteiger charge is 2.73. The van der Waals surface area contributed by atoms with E-state index in [-0.39, 0.29) is 34.0 Å². The van der Waals surface area contributed by atoms with Gasteiger partial charge < -0.3 is 15.0 Å². The number of carbonyl (C=O) groups excluding carboxylic acids is 1. The fourth-order valence-corrected chi connectivity index (χ4v) is 9.51. The summed E-state index contributed by atoms with van der Waals surface area (Å²) in [7, 11) is 1.92. The van der Waals surface area contributed by atoms with E-state index in [1.807, 2.05) is 18.0 Å². The number of amides is 1. The molecule has 2 N–H and O–H groups in total. The smallest absolute Gasteiger partial charge is 0.273 e. The first-order valence-electron chi connectivity index (χ1n) is 13.7. The second-order valence-electron chi connectivity index (χ2n) is 12.4. The summed E-state index contributed by atoms with van der Waals surface area (Å²) in [4.78, 5) is 36.5. The number of likely N-dealkylation sites (tertiary alicyclic amines) is 1. The zero-order chi connectivity index (χ0) is 24.8. The monoisotopic (exact) mass is 488 g/mol. The highest BCUT2D eigenvalue weighted by atomic mass is 16.3. The Bertz CT molecular complexity index is 1270. The molecule has 190 valence electrons. The summed E-state index contributed by atoms with van der Waals surface area (Å²) in [6.07, 6.45) is 10.8. The van der Waals surface area contributed by atoms with Crippen molar-refractivity contribution < 1.29 is 9.90 Å². The lowest BCUT2D eigenvalue weighted by molar-refractivity contribution is -0.105. The molecule has 6 atom stereocenters. The summed E-state index contributed by atoms with van der Waals surface area (Å²) in [6, 6.07) is 6.73. The molecule has 1 aromatic heterocycles. The number of phenols is 1. The molecule has 4 aliphatic carbocycles. The van der Waals surface area contributed by atoms with E-state index in [0.717, 1.165) is 38.1 Å². The van der Waals surface area contributed by atoms with Crippen LogP contribution in [0.4, 0.5) is 0 Å². The lowest BCUT2D eigenvalue weighted by atomic mass is 9.43. The summed E-state index contributed by atoms with van der Waals surface area (Å²) in [6.45, 7) is 4.74. The number of aromatic hydroxyl groups is 1. The van der Waals surface area contributed by atoms with Gasteiger partial charge in [0.15, 0.2) is 0 Å². The fourth-order valence-electron chi connectivity index (χ4n) is 9.51. The van der Waals surface area contributed by atoms with Gasteiger partial charge in [-0.3, -0.25) is 14.5 Å². The average Bonchev–Trinajstić information content (AvgIpc) is 3.66. The Morgan fingerprint density at radius 1 is 1.28 bits per heavy atom. The quantitative estimate of drug-likeness (QED) is 0.689. The minimum atomic E-state index is -0.303. The number of benzene rings is 1. The molecule has 4 fully saturated rings. The number of hydrogen-bond acceptors (Lipinski definition) is 5. The van der Waals surface area contributed by atoms with Gasteiger partial charge in [0.05, 0.1) is 6.20 Å². The van der Waals surface area contributed by atoms with Gasteiger partial charge in [-0.25, -0.2) is 4.98 Å². The van der Waals surface area contributed by atoms with Crippen molar-refractivity contribution in [2.24, 2.45) is 23.2 Å². The van der Waals surface area contributed by atoms with Crippen molar-refractivity contribution in [1.82, 2.24) is 19.8 Å². The maximum atomic E-state index is 13.5. The molecule has 0 spiro atoms. The average molecular weight is 489 g/mol. The number of phenolic OH excluding ortho intramolecular Hbond substituents is 1. The molecule has 4 bridgehead atoms. The maximum Gasteiger partial charge on any atom is 0.273 e. The van der Waals surface area contributed by atoms with Crippen LogP contribution < -0.4 is 5.56 Å². The van der Waals surface area contributed by atoms with Gasteiger partial charge in [0.25, 0.3) is 11.5 Å². The van der Waals surface area contributed by atoms with Crippen LogP contribution in [0.25, 0.3) is 0 Å². The molecule has 3 saturated carbocycles. The molecule has 1 amide bonds. The van der Waals surface area contributed by atoms with Crippen molar-refractivity contribution in [2.75, 3.05) is 20.1 Å². The van der Waals surface area contributed by atoms with Crippen LogP contribution in [0, 0.1) is 23.2 Å². The summed E-state index contributed by atoms with van der Waals surface area (Å²) < 4.78 is 0. The van der Waals surface area contributed by atoms with Crippen molar-refractivity contribution in [3.05, 3.63) is 57.8 Å². The van der Waals surface area contributed by atoms with Crippen molar-refractivity contribution >= 4 is 5.91 Å². The summed E-state index contributed by atoms with van der Waals surface area (Å²) in [5.74, 6) is 1.90. The van der Waals surface area contributed by atoms with Gasteiger partial charge in [-0.2, -0.15) is 0 Å². The summed E-state index contributed by atoms with van der Waals surface area (Å²) in [5.41, 5.74) is 2.90. The van der Waals surface area contributed by atoms with E-state index in [4.69, 9.17) is 0 Å². The Morgan fingerprint density at radius 3 is 2.86 bits per heavy atom. The molecule has 1 aromatic carbocycles. The first-order valence-corrected chi connectivity index (χ1v) is 13.7. The second-order valence-corrected chi connectivity index (χ2v) is 12.4. The number of nitrogens with one attached hydrogen (secondary N) is 1. The van der Waals surface area contributed by atoms with E-state index in [9.17, 15) is 14.7 Å². The predicted molar refractivity (Wildman–Crippen MR) is 136 cm³/mol. The third kappa shape index (κ3) is 2.92. The summed E-state index contributed by atoms with van der Waals surface area (Å²) >= 11 is 0. The lowest BCUT2D eigenvalue weighted by Gasteiger charge is -2.67. The normalized spacial score (nSPS) is 36.7. The Kier molecular flexibility index (Phi) is 4.80. The largest absolute Gasteiger partial charge is 0.508 e. The van der Waals surface area contributed by atoms with Crippen molar-refractivity contribution in [3.63, 3.8) is 0 Å².